The monoisotopic (exact) mass is 306 g/mol. The summed E-state index contributed by atoms with van der Waals surface area (Å²) in [7, 11) is -3.77. The third-order valence-electron chi connectivity index (χ3n) is 2.91. The SMILES string of the molecule is Cc1ccc(C)c(S(=O)(=O)N/N=C\c2ccccc2F)c1. The second-order valence-electron chi connectivity index (χ2n) is 4.64. The number of sulfonamides is 1. The van der Waals surface area contributed by atoms with Crippen LogP contribution >= 0.6 is 0 Å². The topological polar surface area (TPSA) is 58.5 Å². The Hall–Kier alpha value is -2.21. The molecule has 0 aliphatic heterocycles. The van der Waals surface area contributed by atoms with Gasteiger partial charge in [0, 0.05) is 5.56 Å². The lowest BCUT2D eigenvalue weighted by Crippen LogP contribution is -2.19. The second kappa shape index (κ2) is 6.05. The largest absolute Gasteiger partial charge is 0.276 e. The molecule has 0 unspecified atom stereocenters. The third-order valence-corrected chi connectivity index (χ3v) is 4.28. The summed E-state index contributed by atoms with van der Waals surface area (Å²) in [4.78, 5) is 2.25. The molecular formula is C15H15FN2O2S. The summed E-state index contributed by atoms with van der Waals surface area (Å²) in [6, 6.07) is 11.1. The minimum absolute atomic E-state index is 0.160. The Balaban J connectivity index is 2.23. The number of rotatable bonds is 4. The van der Waals surface area contributed by atoms with Crippen molar-refractivity contribution in [2.24, 2.45) is 5.10 Å². The first-order valence-corrected chi connectivity index (χ1v) is 7.75. The van der Waals surface area contributed by atoms with E-state index in [1.807, 2.05) is 6.07 Å². The fraction of sp³-hybridized carbons (Fsp3) is 0.133. The van der Waals surface area contributed by atoms with E-state index in [2.05, 4.69) is 9.93 Å². The molecule has 0 heterocycles. The number of nitrogens with zero attached hydrogens (tertiary/aromatic N) is 1. The van der Waals surface area contributed by atoms with Crippen LogP contribution in [0.25, 0.3) is 0 Å². The van der Waals surface area contributed by atoms with E-state index in [-0.39, 0.29) is 10.5 Å². The van der Waals surface area contributed by atoms with Gasteiger partial charge in [0.05, 0.1) is 11.1 Å². The number of nitrogens with one attached hydrogen (secondary N) is 1. The van der Waals surface area contributed by atoms with E-state index < -0.39 is 15.8 Å². The molecule has 0 saturated heterocycles. The number of halogens is 1. The van der Waals surface area contributed by atoms with Gasteiger partial charge >= 0.3 is 0 Å². The average molecular weight is 306 g/mol. The molecule has 2 rings (SSSR count). The Kier molecular flexibility index (Phi) is 4.37. The molecule has 6 heteroatoms. The van der Waals surface area contributed by atoms with E-state index in [0.717, 1.165) is 11.8 Å². The Bertz CT molecular complexity index is 786. The van der Waals surface area contributed by atoms with Crippen LogP contribution in [0.15, 0.2) is 52.5 Å². The van der Waals surface area contributed by atoms with Gasteiger partial charge < -0.3 is 0 Å². The second-order valence-corrected chi connectivity index (χ2v) is 6.27. The van der Waals surface area contributed by atoms with Crippen molar-refractivity contribution in [1.82, 2.24) is 4.83 Å². The molecule has 0 saturated carbocycles. The fourth-order valence-corrected chi connectivity index (χ4v) is 2.91. The molecule has 0 radical (unpaired) electrons. The van der Waals surface area contributed by atoms with Gasteiger partial charge in [0.25, 0.3) is 10.0 Å². The normalized spacial score (nSPS) is 11.8. The molecule has 0 bridgehead atoms. The number of benzene rings is 2. The van der Waals surface area contributed by atoms with Gasteiger partial charge in [-0.2, -0.15) is 13.5 Å². The summed E-state index contributed by atoms with van der Waals surface area (Å²) in [5.41, 5.74) is 1.66. The van der Waals surface area contributed by atoms with Crippen molar-refractivity contribution in [3.63, 3.8) is 0 Å². The molecule has 2 aromatic carbocycles. The van der Waals surface area contributed by atoms with Gasteiger partial charge in [0.2, 0.25) is 0 Å². The van der Waals surface area contributed by atoms with Gasteiger partial charge in [0.15, 0.2) is 0 Å². The van der Waals surface area contributed by atoms with E-state index >= 15 is 0 Å². The maximum Gasteiger partial charge on any atom is 0.276 e. The number of aryl methyl sites for hydroxylation is 2. The lowest BCUT2D eigenvalue weighted by molar-refractivity contribution is 0.583. The molecule has 0 aromatic heterocycles. The summed E-state index contributed by atoms with van der Waals surface area (Å²) >= 11 is 0. The van der Waals surface area contributed by atoms with Crippen LogP contribution in [0.3, 0.4) is 0 Å². The molecule has 2 aromatic rings. The molecule has 1 N–H and O–H groups in total. The molecular weight excluding hydrogens is 291 g/mol. The van der Waals surface area contributed by atoms with E-state index in [9.17, 15) is 12.8 Å². The van der Waals surface area contributed by atoms with Crippen molar-refractivity contribution in [2.75, 3.05) is 0 Å². The first-order chi connectivity index (χ1) is 9.90. The maximum atomic E-state index is 13.4. The van der Waals surface area contributed by atoms with Gasteiger partial charge in [-0.3, -0.25) is 0 Å². The highest BCUT2D eigenvalue weighted by Gasteiger charge is 2.15. The Labute approximate surface area is 123 Å². The van der Waals surface area contributed by atoms with Crippen molar-refractivity contribution in [2.45, 2.75) is 18.7 Å². The minimum Gasteiger partial charge on any atom is -0.206 e. The zero-order valence-electron chi connectivity index (χ0n) is 11.7. The molecule has 0 aliphatic carbocycles. The Morgan fingerprint density at radius 2 is 1.86 bits per heavy atom. The van der Waals surface area contributed by atoms with Crippen molar-refractivity contribution in [3.05, 3.63) is 65.0 Å². The highest BCUT2D eigenvalue weighted by atomic mass is 32.2. The quantitative estimate of drug-likeness (QED) is 0.697. The zero-order valence-corrected chi connectivity index (χ0v) is 12.5. The summed E-state index contributed by atoms with van der Waals surface area (Å²) in [5.74, 6) is -0.466. The smallest absolute Gasteiger partial charge is 0.206 e. The van der Waals surface area contributed by atoms with Crippen LogP contribution in [0.5, 0.6) is 0 Å². The van der Waals surface area contributed by atoms with Gasteiger partial charge in [-0.15, -0.1) is 0 Å². The summed E-state index contributed by atoms with van der Waals surface area (Å²) in [6.45, 7) is 3.51. The Morgan fingerprint density at radius 1 is 1.14 bits per heavy atom. The fourth-order valence-electron chi connectivity index (χ4n) is 1.79. The maximum absolute atomic E-state index is 13.4. The van der Waals surface area contributed by atoms with Crippen LogP contribution < -0.4 is 4.83 Å². The Morgan fingerprint density at radius 3 is 2.57 bits per heavy atom. The molecule has 0 fully saturated rings. The molecule has 110 valence electrons. The lowest BCUT2D eigenvalue weighted by Gasteiger charge is -2.07. The highest BCUT2D eigenvalue weighted by Crippen LogP contribution is 2.16. The van der Waals surface area contributed by atoms with Gasteiger partial charge in [0.1, 0.15) is 5.82 Å². The summed E-state index contributed by atoms with van der Waals surface area (Å²) in [6.07, 6.45) is 1.14. The van der Waals surface area contributed by atoms with E-state index in [0.29, 0.717) is 5.56 Å². The molecule has 21 heavy (non-hydrogen) atoms. The van der Waals surface area contributed by atoms with E-state index in [1.54, 1.807) is 38.1 Å². The summed E-state index contributed by atoms with van der Waals surface area (Å²) in [5, 5.41) is 3.62. The average Bonchev–Trinajstić information content (AvgIpc) is 2.43. The van der Waals surface area contributed by atoms with E-state index in [4.69, 9.17) is 0 Å². The standard InChI is InChI=1S/C15H15FN2O2S/c1-11-7-8-12(2)15(9-11)21(19,20)18-17-10-13-5-3-4-6-14(13)16/h3-10,18H,1-2H3/b17-10-. The van der Waals surface area contributed by atoms with Crippen LogP contribution in [0.4, 0.5) is 4.39 Å². The van der Waals surface area contributed by atoms with Crippen LogP contribution in [-0.2, 0) is 10.0 Å². The number of hydrogen-bond donors (Lipinski definition) is 1. The number of hydrazone groups is 1. The molecule has 0 amide bonds. The van der Waals surface area contributed by atoms with Crippen LogP contribution in [-0.4, -0.2) is 14.6 Å². The van der Waals surface area contributed by atoms with Gasteiger partial charge in [-0.1, -0.05) is 30.3 Å². The van der Waals surface area contributed by atoms with Crippen LogP contribution in [0.1, 0.15) is 16.7 Å². The van der Waals surface area contributed by atoms with Crippen molar-refractivity contribution >= 4 is 16.2 Å². The van der Waals surface area contributed by atoms with Gasteiger partial charge in [-0.25, -0.2) is 9.22 Å². The van der Waals surface area contributed by atoms with Crippen LogP contribution in [0, 0.1) is 19.7 Å². The summed E-state index contributed by atoms with van der Waals surface area (Å²) < 4.78 is 37.7. The van der Waals surface area contributed by atoms with E-state index in [1.165, 1.54) is 12.1 Å². The minimum atomic E-state index is -3.77. The molecule has 0 aliphatic rings. The zero-order chi connectivity index (χ0) is 15.5. The predicted molar refractivity (Wildman–Crippen MR) is 80.2 cm³/mol. The molecule has 0 atom stereocenters. The van der Waals surface area contributed by atoms with Crippen molar-refractivity contribution < 1.29 is 12.8 Å². The number of hydrogen-bond acceptors (Lipinski definition) is 3. The third kappa shape index (κ3) is 3.66. The van der Waals surface area contributed by atoms with Crippen LogP contribution in [0.2, 0.25) is 0 Å². The van der Waals surface area contributed by atoms with Crippen molar-refractivity contribution in [1.29, 1.82) is 0 Å². The first-order valence-electron chi connectivity index (χ1n) is 6.27. The van der Waals surface area contributed by atoms with Gasteiger partial charge in [-0.05, 0) is 37.1 Å². The first kappa shape index (κ1) is 15.2. The molecule has 4 nitrogen and oxygen atoms in total. The lowest BCUT2D eigenvalue weighted by atomic mass is 10.2. The highest BCUT2D eigenvalue weighted by molar-refractivity contribution is 7.89. The predicted octanol–water partition coefficient (Wildman–Crippen LogP) is 2.75. The molecule has 0 spiro atoms. The van der Waals surface area contributed by atoms with Crippen molar-refractivity contribution in [3.8, 4) is 0 Å².